The third-order valence-electron chi connectivity index (χ3n) is 4.80. The lowest BCUT2D eigenvalue weighted by molar-refractivity contribution is -0.384. The summed E-state index contributed by atoms with van der Waals surface area (Å²) in [6, 6.07) is 9.56. The van der Waals surface area contributed by atoms with E-state index >= 15 is 0 Å². The predicted octanol–water partition coefficient (Wildman–Crippen LogP) is 3.20. The minimum Gasteiger partial charge on any atom is -0.479 e. The molecule has 1 aliphatic heterocycles. The number of halogens is 2. The van der Waals surface area contributed by atoms with Crippen LogP contribution in [0.15, 0.2) is 47.4 Å². The monoisotopic (exact) mass is 487 g/mol. The molecule has 0 saturated carbocycles. The first-order valence-electron chi connectivity index (χ1n) is 9.25. The van der Waals surface area contributed by atoms with Crippen molar-refractivity contribution in [3.63, 3.8) is 0 Å². The summed E-state index contributed by atoms with van der Waals surface area (Å²) >= 11 is 12.0. The molecule has 0 aromatic heterocycles. The van der Waals surface area contributed by atoms with Gasteiger partial charge in [-0.3, -0.25) is 14.9 Å². The van der Waals surface area contributed by atoms with Crippen LogP contribution in [0.5, 0.6) is 5.75 Å². The number of piperazine rings is 1. The predicted molar refractivity (Wildman–Crippen MR) is 115 cm³/mol. The van der Waals surface area contributed by atoms with Gasteiger partial charge in [0.25, 0.3) is 11.6 Å². The van der Waals surface area contributed by atoms with E-state index in [4.69, 9.17) is 27.9 Å². The van der Waals surface area contributed by atoms with Gasteiger partial charge in [-0.05, 0) is 31.2 Å². The molecule has 2 aromatic carbocycles. The van der Waals surface area contributed by atoms with Crippen LogP contribution in [0.4, 0.5) is 5.69 Å². The van der Waals surface area contributed by atoms with Crippen LogP contribution in [-0.4, -0.2) is 60.7 Å². The van der Waals surface area contributed by atoms with Gasteiger partial charge in [-0.15, -0.1) is 0 Å². The topological polar surface area (TPSA) is 110 Å². The number of amides is 1. The molecule has 1 unspecified atom stereocenters. The van der Waals surface area contributed by atoms with E-state index < -0.39 is 21.1 Å². The van der Waals surface area contributed by atoms with Crippen LogP contribution in [0.2, 0.25) is 10.0 Å². The molecule has 1 aliphatic rings. The van der Waals surface area contributed by atoms with E-state index in [9.17, 15) is 23.3 Å². The molecule has 31 heavy (non-hydrogen) atoms. The number of sulfonamides is 1. The number of hydrogen-bond donors (Lipinski definition) is 0. The van der Waals surface area contributed by atoms with E-state index in [0.717, 1.165) is 12.1 Å². The van der Waals surface area contributed by atoms with Gasteiger partial charge in [0, 0.05) is 38.3 Å². The molecule has 12 heteroatoms. The number of ether oxygens (including phenoxy) is 1. The Kier molecular flexibility index (Phi) is 7.05. The molecule has 1 fully saturated rings. The first kappa shape index (κ1) is 23.3. The van der Waals surface area contributed by atoms with Gasteiger partial charge in [-0.2, -0.15) is 4.31 Å². The summed E-state index contributed by atoms with van der Waals surface area (Å²) in [6.45, 7) is 2.13. The maximum atomic E-state index is 12.8. The quantitative estimate of drug-likeness (QED) is 0.456. The molecule has 0 aliphatic carbocycles. The molecule has 0 radical (unpaired) electrons. The Morgan fingerprint density at radius 2 is 1.71 bits per heavy atom. The molecule has 1 heterocycles. The molecule has 9 nitrogen and oxygen atoms in total. The van der Waals surface area contributed by atoms with Crippen molar-refractivity contribution in [1.29, 1.82) is 0 Å². The zero-order valence-corrected chi connectivity index (χ0v) is 18.7. The summed E-state index contributed by atoms with van der Waals surface area (Å²) in [5.41, 5.74) is -0.192. The van der Waals surface area contributed by atoms with Gasteiger partial charge in [-0.1, -0.05) is 29.3 Å². The lowest BCUT2D eigenvalue weighted by atomic mass is 10.2. The van der Waals surface area contributed by atoms with E-state index in [2.05, 4.69) is 0 Å². The van der Waals surface area contributed by atoms with Gasteiger partial charge in [0.2, 0.25) is 10.0 Å². The van der Waals surface area contributed by atoms with Gasteiger partial charge >= 0.3 is 0 Å². The second-order valence-electron chi connectivity index (χ2n) is 6.79. The molecule has 1 amide bonds. The van der Waals surface area contributed by atoms with Gasteiger partial charge in [0.15, 0.2) is 6.10 Å². The molecule has 1 saturated heterocycles. The fraction of sp³-hybridized carbons (Fsp3) is 0.316. The summed E-state index contributed by atoms with van der Waals surface area (Å²) in [5, 5.41) is 11.3. The van der Waals surface area contributed by atoms with Gasteiger partial charge in [0.05, 0.1) is 14.8 Å². The average molecular weight is 488 g/mol. The lowest BCUT2D eigenvalue weighted by Crippen LogP contribution is -2.53. The van der Waals surface area contributed by atoms with E-state index in [1.807, 2.05) is 0 Å². The zero-order valence-electron chi connectivity index (χ0n) is 16.4. The third kappa shape index (κ3) is 5.09. The molecule has 0 bridgehead atoms. The Morgan fingerprint density at radius 3 is 2.29 bits per heavy atom. The molecule has 0 N–H and O–H groups in total. The molecule has 2 aromatic rings. The van der Waals surface area contributed by atoms with Crippen molar-refractivity contribution in [2.75, 3.05) is 26.2 Å². The zero-order chi connectivity index (χ0) is 22.8. The van der Waals surface area contributed by atoms with Gasteiger partial charge in [0.1, 0.15) is 10.8 Å². The van der Waals surface area contributed by atoms with Crippen molar-refractivity contribution >= 4 is 44.8 Å². The number of carbonyl (C=O) groups is 1. The maximum Gasteiger partial charge on any atom is 0.269 e. The highest BCUT2D eigenvalue weighted by Crippen LogP contribution is 2.32. The molecule has 0 spiro atoms. The molecule has 166 valence electrons. The highest BCUT2D eigenvalue weighted by molar-refractivity contribution is 7.89. The lowest BCUT2D eigenvalue weighted by Gasteiger charge is -2.35. The molecule has 1 atom stereocenters. The first-order chi connectivity index (χ1) is 14.6. The fourth-order valence-electron chi connectivity index (χ4n) is 3.11. The first-order valence-corrected chi connectivity index (χ1v) is 11.4. The highest BCUT2D eigenvalue weighted by atomic mass is 35.5. The average Bonchev–Trinajstić information content (AvgIpc) is 2.76. The number of rotatable bonds is 6. The standard InChI is InChI=1S/C19H19Cl2N3O6S/c1-13(30-17-4-2-3-16(20)18(17)21)19(25)22-9-11-23(12-10-22)31(28,29)15-7-5-14(6-8-15)24(26)27/h2-8,13H,9-12H2,1H3. The van der Waals surface area contributed by atoms with Crippen LogP contribution >= 0.6 is 23.2 Å². The number of nitrogens with zero attached hydrogens (tertiary/aromatic N) is 3. The van der Waals surface area contributed by atoms with Gasteiger partial charge in [-0.25, -0.2) is 8.42 Å². The van der Waals surface area contributed by atoms with Crippen molar-refractivity contribution in [3.05, 3.63) is 62.6 Å². The van der Waals surface area contributed by atoms with Crippen LogP contribution in [0, 0.1) is 10.1 Å². The number of carbonyl (C=O) groups excluding carboxylic acids is 1. The summed E-state index contributed by atoms with van der Waals surface area (Å²) in [7, 11) is -3.82. The summed E-state index contributed by atoms with van der Waals surface area (Å²) in [6.07, 6.45) is -0.839. The largest absolute Gasteiger partial charge is 0.479 e. The number of nitro groups is 1. The van der Waals surface area contributed by atoms with Crippen molar-refractivity contribution in [2.24, 2.45) is 0 Å². The van der Waals surface area contributed by atoms with Crippen LogP contribution in [0.25, 0.3) is 0 Å². The molecular weight excluding hydrogens is 469 g/mol. The van der Waals surface area contributed by atoms with E-state index in [1.54, 1.807) is 25.1 Å². The van der Waals surface area contributed by atoms with Crippen LogP contribution in [0.1, 0.15) is 6.92 Å². The smallest absolute Gasteiger partial charge is 0.269 e. The maximum absolute atomic E-state index is 12.8. The molecular formula is C19H19Cl2N3O6S. The second-order valence-corrected chi connectivity index (χ2v) is 9.52. The van der Waals surface area contributed by atoms with E-state index in [-0.39, 0.29) is 53.4 Å². The van der Waals surface area contributed by atoms with E-state index in [0.29, 0.717) is 5.02 Å². The Balaban J connectivity index is 1.62. The number of non-ortho nitro benzene ring substituents is 1. The Labute approximate surface area is 189 Å². The fourth-order valence-corrected chi connectivity index (χ4v) is 4.87. The van der Waals surface area contributed by atoms with Crippen molar-refractivity contribution < 1.29 is 22.9 Å². The van der Waals surface area contributed by atoms with Gasteiger partial charge < -0.3 is 9.64 Å². The summed E-state index contributed by atoms with van der Waals surface area (Å²) in [4.78, 5) is 24.4. The normalized spacial score (nSPS) is 16.0. The number of nitro benzene ring substituents is 1. The summed E-state index contributed by atoms with van der Waals surface area (Å²) in [5.74, 6) is -0.0159. The minimum atomic E-state index is -3.82. The number of benzene rings is 2. The SMILES string of the molecule is CC(Oc1cccc(Cl)c1Cl)C(=O)N1CCN(S(=O)(=O)c2ccc([N+](=O)[O-])cc2)CC1. The van der Waals surface area contributed by atoms with Crippen molar-refractivity contribution in [1.82, 2.24) is 9.21 Å². The minimum absolute atomic E-state index is 0.0369. The number of hydrogen-bond acceptors (Lipinski definition) is 6. The Hall–Kier alpha value is -2.40. The Morgan fingerprint density at radius 1 is 1.10 bits per heavy atom. The van der Waals surface area contributed by atoms with Crippen molar-refractivity contribution in [3.8, 4) is 5.75 Å². The van der Waals surface area contributed by atoms with E-state index in [1.165, 1.54) is 21.3 Å². The highest BCUT2D eigenvalue weighted by Gasteiger charge is 2.32. The van der Waals surface area contributed by atoms with Crippen LogP contribution in [0.3, 0.4) is 0 Å². The third-order valence-corrected chi connectivity index (χ3v) is 7.52. The van der Waals surface area contributed by atoms with Crippen LogP contribution < -0.4 is 4.74 Å². The summed E-state index contributed by atoms with van der Waals surface area (Å²) < 4.78 is 32.5. The Bertz CT molecular complexity index is 1090. The van der Waals surface area contributed by atoms with Crippen LogP contribution in [-0.2, 0) is 14.8 Å². The second kappa shape index (κ2) is 9.39. The molecule has 3 rings (SSSR count). The van der Waals surface area contributed by atoms with Crippen molar-refractivity contribution in [2.45, 2.75) is 17.9 Å².